The monoisotopic (exact) mass is 140 g/mol. The van der Waals surface area contributed by atoms with E-state index in [9.17, 15) is 0 Å². The molecule has 0 aromatic heterocycles. The third-order valence-electron chi connectivity index (χ3n) is 1.49. The molecule has 0 heterocycles. The van der Waals surface area contributed by atoms with Crippen LogP contribution in [0, 0.1) is 0 Å². The molecule has 10 heavy (non-hydrogen) atoms. The topological polar surface area (TPSA) is 9.23 Å². The Morgan fingerprint density at radius 3 is 2.40 bits per heavy atom. The fourth-order valence-electron chi connectivity index (χ4n) is 0.710. The van der Waals surface area contributed by atoms with Crippen LogP contribution in [0.25, 0.3) is 0 Å². The van der Waals surface area contributed by atoms with Gasteiger partial charge in [0.2, 0.25) is 0 Å². The highest BCUT2D eigenvalue weighted by molar-refractivity contribution is 5.17. The molecule has 0 aliphatic rings. The molecule has 1 nitrogen and oxygen atoms in total. The summed E-state index contributed by atoms with van der Waals surface area (Å²) < 4.78 is 5.14. The second-order valence-corrected chi connectivity index (χ2v) is 2.20. The van der Waals surface area contributed by atoms with E-state index in [1.807, 2.05) is 19.1 Å². The Balaban J connectivity index is 4.29. The maximum absolute atomic E-state index is 5.14. The van der Waals surface area contributed by atoms with Crippen LogP contribution in [0.3, 0.4) is 0 Å². The average molecular weight is 140 g/mol. The predicted octanol–water partition coefficient (Wildman–Crippen LogP) is 2.89. The molecule has 0 aromatic rings. The van der Waals surface area contributed by atoms with E-state index in [1.165, 1.54) is 5.57 Å². The van der Waals surface area contributed by atoms with Gasteiger partial charge in [0.05, 0.1) is 7.11 Å². The van der Waals surface area contributed by atoms with Gasteiger partial charge in [0.1, 0.15) is 5.76 Å². The Labute approximate surface area is 63.4 Å². The van der Waals surface area contributed by atoms with Gasteiger partial charge < -0.3 is 4.74 Å². The lowest BCUT2D eigenvalue weighted by Gasteiger charge is -2.03. The van der Waals surface area contributed by atoms with Gasteiger partial charge in [-0.25, -0.2) is 0 Å². The molecule has 0 fully saturated rings. The predicted molar refractivity (Wildman–Crippen MR) is 44.8 cm³/mol. The van der Waals surface area contributed by atoms with Crippen molar-refractivity contribution in [2.75, 3.05) is 7.11 Å². The van der Waals surface area contributed by atoms with Gasteiger partial charge >= 0.3 is 0 Å². The molecule has 0 aliphatic carbocycles. The highest BCUT2D eigenvalue weighted by Gasteiger charge is 1.93. The summed E-state index contributed by atoms with van der Waals surface area (Å²) in [6.45, 7) is 6.19. The van der Waals surface area contributed by atoms with E-state index in [4.69, 9.17) is 4.74 Å². The molecule has 0 aromatic carbocycles. The highest BCUT2D eigenvalue weighted by atomic mass is 16.5. The number of hydrogen-bond donors (Lipinski definition) is 0. The first-order valence-corrected chi connectivity index (χ1v) is 3.62. The largest absolute Gasteiger partial charge is 0.497 e. The molecule has 0 unspecified atom stereocenters. The fourth-order valence-corrected chi connectivity index (χ4v) is 0.710. The van der Waals surface area contributed by atoms with Gasteiger partial charge in [0, 0.05) is 0 Å². The third-order valence-corrected chi connectivity index (χ3v) is 1.49. The standard InChI is InChI=1S/C9H16O/c1-5-7-9(10-4)8(3)6-2/h5,7H,6H2,1-4H3. The normalized spacial score (nSPS) is 13.6. The van der Waals surface area contributed by atoms with Crippen LogP contribution in [0.2, 0.25) is 0 Å². The number of allylic oxidation sites excluding steroid dienone is 3. The Kier molecular flexibility index (Phi) is 4.73. The maximum Gasteiger partial charge on any atom is 0.117 e. The van der Waals surface area contributed by atoms with E-state index < -0.39 is 0 Å². The molecule has 0 saturated carbocycles. The van der Waals surface area contributed by atoms with Crippen molar-refractivity contribution in [3.05, 3.63) is 23.5 Å². The quantitative estimate of drug-likeness (QED) is 0.432. The van der Waals surface area contributed by atoms with Gasteiger partial charge in [0.25, 0.3) is 0 Å². The first-order valence-electron chi connectivity index (χ1n) is 3.62. The Morgan fingerprint density at radius 1 is 1.50 bits per heavy atom. The summed E-state index contributed by atoms with van der Waals surface area (Å²) in [7, 11) is 1.70. The van der Waals surface area contributed by atoms with Crippen molar-refractivity contribution in [3.8, 4) is 0 Å². The Bertz CT molecular complexity index is 143. The summed E-state index contributed by atoms with van der Waals surface area (Å²) in [6.07, 6.45) is 5.02. The van der Waals surface area contributed by atoms with Crippen molar-refractivity contribution in [2.45, 2.75) is 27.2 Å². The molecule has 0 radical (unpaired) electrons. The van der Waals surface area contributed by atoms with Crippen molar-refractivity contribution in [1.82, 2.24) is 0 Å². The Hall–Kier alpha value is -0.720. The minimum absolute atomic E-state index is 0.991. The zero-order chi connectivity index (χ0) is 7.98. The molecule has 0 saturated heterocycles. The van der Waals surface area contributed by atoms with Gasteiger partial charge in [-0.2, -0.15) is 0 Å². The molecule has 0 N–H and O–H groups in total. The smallest absolute Gasteiger partial charge is 0.117 e. The van der Waals surface area contributed by atoms with E-state index in [0.717, 1.165) is 12.2 Å². The Morgan fingerprint density at radius 2 is 2.10 bits per heavy atom. The summed E-state index contributed by atoms with van der Waals surface area (Å²) in [6, 6.07) is 0. The van der Waals surface area contributed by atoms with Gasteiger partial charge in [-0.05, 0) is 31.9 Å². The van der Waals surface area contributed by atoms with Crippen LogP contribution >= 0.6 is 0 Å². The molecular formula is C9H16O. The van der Waals surface area contributed by atoms with Crippen LogP contribution in [0.1, 0.15) is 27.2 Å². The van der Waals surface area contributed by atoms with Gasteiger partial charge in [-0.1, -0.05) is 13.0 Å². The fraction of sp³-hybridized carbons (Fsp3) is 0.556. The van der Waals surface area contributed by atoms with Crippen LogP contribution in [-0.4, -0.2) is 7.11 Å². The van der Waals surface area contributed by atoms with E-state index in [2.05, 4.69) is 13.8 Å². The minimum atomic E-state index is 0.991. The summed E-state index contributed by atoms with van der Waals surface area (Å²) in [5.74, 6) is 0.991. The summed E-state index contributed by atoms with van der Waals surface area (Å²) in [5, 5.41) is 0. The molecule has 0 rings (SSSR count). The number of rotatable bonds is 3. The van der Waals surface area contributed by atoms with Gasteiger partial charge in [-0.3, -0.25) is 0 Å². The van der Waals surface area contributed by atoms with Crippen molar-refractivity contribution in [2.24, 2.45) is 0 Å². The van der Waals surface area contributed by atoms with Crippen molar-refractivity contribution in [1.29, 1.82) is 0 Å². The van der Waals surface area contributed by atoms with Gasteiger partial charge in [-0.15, -0.1) is 0 Å². The van der Waals surface area contributed by atoms with Crippen molar-refractivity contribution in [3.63, 3.8) is 0 Å². The van der Waals surface area contributed by atoms with Crippen LogP contribution < -0.4 is 0 Å². The molecule has 1 heteroatoms. The molecular weight excluding hydrogens is 124 g/mol. The molecule has 0 aliphatic heterocycles. The van der Waals surface area contributed by atoms with E-state index in [1.54, 1.807) is 7.11 Å². The highest BCUT2D eigenvalue weighted by Crippen LogP contribution is 2.09. The van der Waals surface area contributed by atoms with Crippen molar-refractivity contribution < 1.29 is 4.74 Å². The second kappa shape index (κ2) is 5.10. The second-order valence-electron chi connectivity index (χ2n) is 2.20. The maximum atomic E-state index is 5.14. The number of methoxy groups -OCH3 is 1. The minimum Gasteiger partial charge on any atom is -0.497 e. The lowest BCUT2D eigenvalue weighted by molar-refractivity contribution is 0.301. The summed E-state index contributed by atoms with van der Waals surface area (Å²) >= 11 is 0. The summed E-state index contributed by atoms with van der Waals surface area (Å²) in [5.41, 5.74) is 1.29. The lowest BCUT2D eigenvalue weighted by atomic mass is 10.2. The van der Waals surface area contributed by atoms with E-state index >= 15 is 0 Å². The number of ether oxygens (including phenoxy) is 1. The lowest BCUT2D eigenvalue weighted by Crippen LogP contribution is -1.86. The zero-order valence-corrected chi connectivity index (χ0v) is 7.27. The van der Waals surface area contributed by atoms with Crippen LogP contribution in [0.5, 0.6) is 0 Å². The van der Waals surface area contributed by atoms with E-state index in [-0.39, 0.29) is 0 Å². The van der Waals surface area contributed by atoms with Gasteiger partial charge in [0.15, 0.2) is 0 Å². The first-order chi connectivity index (χ1) is 4.76. The zero-order valence-electron chi connectivity index (χ0n) is 7.27. The van der Waals surface area contributed by atoms with Crippen LogP contribution in [0.15, 0.2) is 23.5 Å². The average Bonchev–Trinajstić information content (AvgIpc) is 1.99. The van der Waals surface area contributed by atoms with Crippen LogP contribution in [0.4, 0.5) is 0 Å². The first kappa shape index (κ1) is 9.28. The van der Waals surface area contributed by atoms with Crippen LogP contribution in [-0.2, 0) is 4.74 Å². The third kappa shape index (κ3) is 2.72. The summed E-state index contributed by atoms with van der Waals surface area (Å²) in [4.78, 5) is 0. The molecule has 58 valence electrons. The van der Waals surface area contributed by atoms with Crippen molar-refractivity contribution >= 4 is 0 Å². The molecule has 0 spiro atoms. The molecule has 0 amide bonds. The number of hydrogen-bond acceptors (Lipinski definition) is 1. The molecule has 0 atom stereocenters. The van der Waals surface area contributed by atoms with E-state index in [0.29, 0.717) is 0 Å². The SMILES string of the molecule is CC=CC(OC)=C(C)CC. The molecule has 0 bridgehead atoms.